The van der Waals surface area contributed by atoms with Crippen LogP contribution in [-0.2, 0) is 6.54 Å². The number of para-hydroxylation sites is 1. The number of furan rings is 1. The van der Waals surface area contributed by atoms with Crippen molar-refractivity contribution in [3.05, 3.63) is 53.2 Å². The molecule has 0 unspecified atom stereocenters. The number of anilines is 1. The number of hydrogen-bond donors (Lipinski definition) is 0. The first-order chi connectivity index (χ1) is 8.99. The Kier molecular flexibility index (Phi) is 3.69. The van der Waals surface area contributed by atoms with E-state index in [1.54, 1.807) is 24.1 Å². The second kappa shape index (κ2) is 5.26. The second-order valence-corrected chi connectivity index (χ2v) is 4.56. The molecule has 1 aromatic heterocycles. The van der Waals surface area contributed by atoms with Gasteiger partial charge in [-0.05, 0) is 38.1 Å². The van der Waals surface area contributed by atoms with Crippen LogP contribution in [0.1, 0.15) is 28.8 Å². The molecule has 0 aliphatic carbocycles. The molecule has 0 atom stereocenters. The predicted octanol–water partition coefficient (Wildman–Crippen LogP) is 3.57. The van der Waals surface area contributed by atoms with Gasteiger partial charge in [0.1, 0.15) is 17.3 Å². The molecular weight excluding hydrogens is 245 g/mol. The van der Waals surface area contributed by atoms with Gasteiger partial charge in [-0.3, -0.25) is 4.79 Å². The molecular formula is C15H16FNO2. The number of aryl methyl sites for hydroxylation is 1. The third-order valence-corrected chi connectivity index (χ3v) is 2.94. The maximum absolute atomic E-state index is 13.9. The number of benzene rings is 1. The fraction of sp³-hybridized carbons (Fsp3) is 0.267. The van der Waals surface area contributed by atoms with Crippen LogP contribution in [0.5, 0.6) is 0 Å². The van der Waals surface area contributed by atoms with Crippen LogP contribution in [-0.4, -0.2) is 12.8 Å². The Morgan fingerprint density at radius 3 is 2.63 bits per heavy atom. The van der Waals surface area contributed by atoms with Crippen molar-refractivity contribution in [2.75, 3.05) is 11.9 Å². The lowest BCUT2D eigenvalue weighted by Crippen LogP contribution is -2.20. The average Bonchev–Trinajstić information content (AvgIpc) is 2.74. The maximum Gasteiger partial charge on any atom is 0.161 e. The standard InChI is InChI=1S/C15H16FNO2/c1-10-7-8-12(19-10)9-17(3)15-13(11(2)18)5-4-6-14(15)16/h4-8H,9H2,1-3H3. The van der Waals surface area contributed by atoms with Crippen molar-refractivity contribution in [1.82, 2.24) is 0 Å². The Balaban J connectivity index is 2.32. The normalized spacial score (nSPS) is 10.5. The first-order valence-electron chi connectivity index (χ1n) is 6.05. The summed E-state index contributed by atoms with van der Waals surface area (Å²) >= 11 is 0. The van der Waals surface area contributed by atoms with E-state index in [1.807, 2.05) is 19.1 Å². The Morgan fingerprint density at radius 1 is 1.32 bits per heavy atom. The van der Waals surface area contributed by atoms with Crippen LogP contribution in [0.4, 0.5) is 10.1 Å². The van der Waals surface area contributed by atoms with Gasteiger partial charge in [-0.25, -0.2) is 4.39 Å². The topological polar surface area (TPSA) is 33.5 Å². The van der Waals surface area contributed by atoms with E-state index in [0.717, 1.165) is 11.5 Å². The number of hydrogen-bond acceptors (Lipinski definition) is 3. The summed E-state index contributed by atoms with van der Waals surface area (Å²) in [6.45, 7) is 3.70. The number of carbonyl (C=O) groups is 1. The molecule has 0 fully saturated rings. The highest BCUT2D eigenvalue weighted by Gasteiger charge is 2.16. The zero-order chi connectivity index (χ0) is 14.0. The van der Waals surface area contributed by atoms with Crippen molar-refractivity contribution >= 4 is 11.5 Å². The van der Waals surface area contributed by atoms with Gasteiger partial charge in [-0.1, -0.05) is 6.07 Å². The van der Waals surface area contributed by atoms with Gasteiger partial charge < -0.3 is 9.32 Å². The van der Waals surface area contributed by atoms with E-state index < -0.39 is 5.82 Å². The van der Waals surface area contributed by atoms with Crippen molar-refractivity contribution < 1.29 is 13.6 Å². The Labute approximate surface area is 111 Å². The highest BCUT2D eigenvalue weighted by Crippen LogP contribution is 2.25. The number of halogens is 1. The van der Waals surface area contributed by atoms with E-state index in [9.17, 15) is 9.18 Å². The zero-order valence-electron chi connectivity index (χ0n) is 11.2. The van der Waals surface area contributed by atoms with Crippen molar-refractivity contribution in [3.63, 3.8) is 0 Å². The molecule has 0 bridgehead atoms. The molecule has 0 aliphatic rings. The van der Waals surface area contributed by atoms with Crippen molar-refractivity contribution in [3.8, 4) is 0 Å². The molecule has 0 saturated heterocycles. The minimum atomic E-state index is -0.404. The summed E-state index contributed by atoms with van der Waals surface area (Å²) in [6.07, 6.45) is 0. The molecule has 4 heteroatoms. The van der Waals surface area contributed by atoms with Gasteiger partial charge in [0.25, 0.3) is 0 Å². The van der Waals surface area contributed by atoms with Gasteiger partial charge >= 0.3 is 0 Å². The van der Waals surface area contributed by atoms with Gasteiger partial charge in [-0.2, -0.15) is 0 Å². The summed E-state index contributed by atoms with van der Waals surface area (Å²) in [6, 6.07) is 8.23. The zero-order valence-corrected chi connectivity index (χ0v) is 11.2. The molecule has 0 radical (unpaired) electrons. The molecule has 1 aromatic carbocycles. The van der Waals surface area contributed by atoms with E-state index in [4.69, 9.17) is 4.42 Å². The molecule has 0 amide bonds. The molecule has 0 aliphatic heterocycles. The third-order valence-electron chi connectivity index (χ3n) is 2.94. The summed E-state index contributed by atoms with van der Waals surface area (Å²) < 4.78 is 19.4. The maximum atomic E-state index is 13.9. The van der Waals surface area contributed by atoms with Crippen LogP contribution < -0.4 is 4.90 Å². The van der Waals surface area contributed by atoms with Gasteiger partial charge in [0.2, 0.25) is 0 Å². The van der Waals surface area contributed by atoms with E-state index in [-0.39, 0.29) is 5.78 Å². The fourth-order valence-electron chi connectivity index (χ4n) is 2.07. The molecule has 2 rings (SSSR count). The lowest BCUT2D eigenvalue weighted by Gasteiger charge is -2.21. The van der Waals surface area contributed by atoms with Gasteiger partial charge in [0.05, 0.1) is 12.2 Å². The van der Waals surface area contributed by atoms with Crippen molar-refractivity contribution in [2.24, 2.45) is 0 Å². The van der Waals surface area contributed by atoms with Crippen LogP contribution in [0.2, 0.25) is 0 Å². The van der Waals surface area contributed by atoms with Gasteiger partial charge in [0, 0.05) is 12.6 Å². The van der Waals surface area contributed by atoms with Crippen LogP contribution >= 0.6 is 0 Å². The molecule has 100 valence electrons. The van der Waals surface area contributed by atoms with Crippen LogP contribution in [0.15, 0.2) is 34.7 Å². The highest BCUT2D eigenvalue weighted by molar-refractivity contribution is 5.99. The van der Waals surface area contributed by atoms with Crippen molar-refractivity contribution in [2.45, 2.75) is 20.4 Å². The number of nitrogens with zero attached hydrogens (tertiary/aromatic N) is 1. The fourth-order valence-corrected chi connectivity index (χ4v) is 2.07. The van der Waals surface area contributed by atoms with Gasteiger partial charge in [0.15, 0.2) is 5.78 Å². The molecule has 2 aromatic rings. The number of carbonyl (C=O) groups excluding carboxylic acids is 1. The van der Waals surface area contributed by atoms with Gasteiger partial charge in [-0.15, -0.1) is 0 Å². The predicted molar refractivity (Wildman–Crippen MR) is 72.0 cm³/mol. The largest absolute Gasteiger partial charge is 0.464 e. The second-order valence-electron chi connectivity index (χ2n) is 4.56. The van der Waals surface area contributed by atoms with Crippen LogP contribution in [0.25, 0.3) is 0 Å². The van der Waals surface area contributed by atoms with Crippen LogP contribution in [0, 0.1) is 12.7 Å². The third kappa shape index (κ3) is 2.84. The minimum Gasteiger partial charge on any atom is -0.464 e. The molecule has 3 nitrogen and oxygen atoms in total. The summed E-state index contributed by atoms with van der Waals surface area (Å²) in [5, 5.41) is 0. The smallest absolute Gasteiger partial charge is 0.161 e. The van der Waals surface area contributed by atoms with E-state index in [2.05, 4.69) is 0 Å². The average molecular weight is 261 g/mol. The highest BCUT2D eigenvalue weighted by atomic mass is 19.1. The molecule has 0 N–H and O–H groups in total. The molecule has 1 heterocycles. The minimum absolute atomic E-state index is 0.156. The summed E-state index contributed by atoms with van der Waals surface area (Å²) in [7, 11) is 1.74. The quantitative estimate of drug-likeness (QED) is 0.789. The number of ketones is 1. The summed E-state index contributed by atoms with van der Waals surface area (Å²) in [5.74, 6) is 0.983. The van der Waals surface area contributed by atoms with E-state index >= 15 is 0 Å². The molecule has 19 heavy (non-hydrogen) atoms. The Hall–Kier alpha value is -2.10. The monoisotopic (exact) mass is 261 g/mol. The summed E-state index contributed by atoms with van der Waals surface area (Å²) in [5.41, 5.74) is 0.690. The Bertz CT molecular complexity index is 604. The van der Waals surface area contributed by atoms with E-state index in [1.165, 1.54) is 13.0 Å². The van der Waals surface area contributed by atoms with E-state index in [0.29, 0.717) is 17.8 Å². The SMILES string of the molecule is CC(=O)c1cccc(F)c1N(C)Cc1ccc(C)o1. The summed E-state index contributed by atoms with van der Waals surface area (Å²) in [4.78, 5) is 13.2. The number of rotatable bonds is 4. The lowest BCUT2D eigenvalue weighted by atomic mass is 10.1. The van der Waals surface area contributed by atoms with Crippen molar-refractivity contribution in [1.29, 1.82) is 0 Å². The van der Waals surface area contributed by atoms with Crippen LogP contribution in [0.3, 0.4) is 0 Å². The first kappa shape index (κ1) is 13.3. The number of Topliss-reactive ketones (excluding diaryl/α,β-unsaturated/α-hetero) is 1. The molecule has 0 saturated carbocycles. The first-order valence-corrected chi connectivity index (χ1v) is 6.05. The Morgan fingerprint density at radius 2 is 2.05 bits per heavy atom. The molecule has 0 spiro atoms. The lowest BCUT2D eigenvalue weighted by molar-refractivity contribution is 0.101.